The van der Waals surface area contributed by atoms with Gasteiger partial charge < -0.3 is 9.30 Å². The van der Waals surface area contributed by atoms with Crippen molar-refractivity contribution in [1.29, 1.82) is 0 Å². The molecule has 0 fully saturated rings. The first-order chi connectivity index (χ1) is 13.6. The molecule has 5 rings (SSSR count). The second-order valence-corrected chi connectivity index (χ2v) is 7.07. The van der Waals surface area contributed by atoms with Crippen LogP contribution in [0.3, 0.4) is 0 Å². The first-order valence-corrected chi connectivity index (χ1v) is 9.27. The lowest BCUT2D eigenvalue weighted by Crippen LogP contribution is -2.02. The van der Waals surface area contributed by atoms with E-state index in [9.17, 15) is 4.39 Å². The fourth-order valence-electron chi connectivity index (χ4n) is 3.84. The first kappa shape index (κ1) is 16.9. The highest BCUT2D eigenvalue weighted by Gasteiger charge is 2.21. The molecule has 0 amide bonds. The van der Waals surface area contributed by atoms with Crippen LogP contribution < -0.4 is 4.74 Å². The molecule has 28 heavy (non-hydrogen) atoms. The van der Waals surface area contributed by atoms with Gasteiger partial charge in [0, 0.05) is 35.8 Å². The largest absolute Gasteiger partial charge is 0.497 e. The van der Waals surface area contributed by atoms with Gasteiger partial charge in [0.25, 0.3) is 0 Å². The predicted molar refractivity (Wildman–Crippen MR) is 105 cm³/mol. The molecule has 0 saturated carbocycles. The van der Waals surface area contributed by atoms with E-state index < -0.39 is 0 Å². The summed E-state index contributed by atoms with van der Waals surface area (Å²) < 4.78 is 21.6. The smallest absolute Gasteiger partial charge is 0.149 e. The highest BCUT2D eigenvalue weighted by Crippen LogP contribution is 2.33. The molecule has 3 heterocycles. The molecule has 4 aromatic rings. The number of aromatic nitrogens is 4. The number of aryl methyl sites for hydroxylation is 3. The molecule has 0 N–H and O–H groups in total. The summed E-state index contributed by atoms with van der Waals surface area (Å²) in [7, 11) is 1.68. The van der Waals surface area contributed by atoms with Gasteiger partial charge in [-0.15, -0.1) is 0 Å². The van der Waals surface area contributed by atoms with Crippen molar-refractivity contribution in [3.8, 4) is 17.1 Å². The van der Waals surface area contributed by atoms with Crippen molar-refractivity contribution in [2.45, 2.75) is 26.3 Å². The zero-order valence-electron chi connectivity index (χ0n) is 15.7. The maximum Gasteiger partial charge on any atom is 0.149 e. The SMILES string of the molecule is COc1ccc2c(c1)Cn1cc(CCc3nc(C)c4cccc(F)c4n3)nc1-2. The highest BCUT2D eigenvalue weighted by molar-refractivity contribution is 5.81. The lowest BCUT2D eigenvalue weighted by molar-refractivity contribution is 0.414. The van der Waals surface area contributed by atoms with Gasteiger partial charge in [-0.1, -0.05) is 12.1 Å². The maximum absolute atomic E-state index is 14.1. The summed E-state index contributed by atoms with van der Waals surface area (Å²) in [5, 5.41) is 0.761. The van der Waals surface area contributed by atoms with Crippen LogP contribution in [0.25, 0.3) is 22.3 Å². The number of fused-ring (bicyclic) bond motifs is 4. The van der Waals surface area contributed by atoms with E-state index in [1.807, 2.05) is 19.1 Å². The topological polar surface area (TPSA) is 52.8 Å². The van der Waals surface area contributed by atoms with E-state index >= 15 is 0 Å². The van der Waals surface area contributed by atoms with Crippen molar-refractivity contribution in [2.75, 3.05) is 7.11 Å². The third-order valence-electron chi connectivity index (χ3n) is 5.24. The van der Waals surface area contributed by atoms with Gasteiger partial charge >= 0.3 is 0 Å². The molecule has 0 saturated heterocycles. The number of benzene rings is 2. The zero-order valence-corrected chi connectivity index (χ0v) is 15.7. The molecular formula is C22H19FN4O. The van der Waals surface area contributed by atoms with E-state index in [-0.39, 0.29) is 5.82 Å². The average molecular weight is 374 g/mol. The van der Waals surface area contributed by atoms with Crippen LogP contribution in [0.2, 0.25) is 0 Å². The molecule has 0 bridgehead atoms. The van der Waals surface area contributed by atoms with E-state index in [1.54, 1.807) is 13.2 Å². The van der Waals surface area contributed by atoms with Crippen molar-refractivity contribution >= 4 is 10.9 Å². The Morgan fingerprint density at radius 2 is 2.00 bits per heavy atom. The van der Waals surface area contributed by atoms with Gasteiger partial charge in [0.05, 0.1) is 12.8 Å². The monoisotopic (exact) mass is 374 g/mol. The Morgan fingerprint density at radius 1 is 1.11 bits per heavy atom. The number of halogens is 1. The molecular weight excluding hydrogens is 355 g/mol. The summed E-state index contributed by atoms with van der Waals surface area (Å²) in [6.07, 6.45) is 3.41. The summed E-state index contributed by atoms with van der Waals surface area (Å²) in [6, 6.07) is 11.1. The molecule has 1 aliphatic heterocycles. The average Bonchev–Trinajstić information content (AvgIpc) is 3.24. The minimum atomic E-state index is -0.308. The van der Waals surface area contributed by atoms with Crippen molar-refractivity contribution < 1.29 is 9.13 Å². The van der Waals surface area contributed by atoms with Crippen LogP contribution in [0.1, 0.15) is 22.8 Å². The van der Waals surface area contributed by atoms with Gasteiger partial charge in [0.1, 0.15) is 28.7 Å². The first-order valence-electron chi connectivity index (χ1n) is 9.27. The number of hydrogen-bond donors (Lipinski definition) is 0. The molecule has 5 nitrogen and oxygen atoms in total. The summed E-state index contributed by atoms with van der Waals surface area (Å²) in [6.45, 7) is 2.69. The predicted octanol–water partition coefficient (Wildman–Crippen LogP) is 4.10. The molecule has 6 heteroatoms. The Labute approximate surface area is 161 Å². The Balaban J connectivity index is 1.39. The minimum absolute atomic E-state index is 0.308. The molecule has 0 radical (unpaired) electrons. The molecule has 0 unspecified atom stereocenters. The Hall–Kier alpha value is -3.28. The molecule has 2 aromatic heterocycles. The van der Waals surface area contributed by atoms with Gasteiger partial charge in [-0.3, -0.25) is 0 Å². The van der Waals surface area contributed by atoms with Gasteiger partial charge in [0.2, 0.25) is 0 Å². The molecule has 140 valence electrons. The van der Waals surface area contributed by atoms with Crippen LogP contribution in [0, 0.1) is 12.7 Å². The van der Waals surface area contributed by atoms with Gasteiger partial charge in [0.15, 0.2) is 0 Å². The number of para-hydroxylation sites is 1. The minimum Gasteiger partial charge on any atom is -0.497 e. The molecule has 0 atom stereocenters. The van der Waals surface area contributed by atoms with Crippen LogP contribution in [-0.2, 0) is 19.4 Å². The van der Waals surface area contributed by atoms with Crippen LogP contribution in [-0.4, -0.2) is 26.6 Å². The van der Waals surface area contributed by atoms with Crippen LogP contribution in [0.15, 0.2) is 42.6 Å². The molecule has 0 aliphatic carbocycles. The second kappa shape index (κ2) is 6.41. The fourth-order valence-corrected chi connectivity index (χ4v) is 3.84. The van der Waals surface area contributed by atoms with Crippen LogP contribution in [0.4, 0.5) is 4.39 Å². The quantitative estimate of drug-likeness (QED) is 0.475. The Bertz CT molecular complexity index is 1210. The lowest BCUT2D eigenvalue weighted by Gasteiger charge is -2.06. The van der Waals surface area contributed by atoms with E-state index in [0.717, 1.165) is 40.5 Å². The zero-order chi connectivity index (χ0) is 19.3. The summed E-state index contributed by atoms with van der Waals surface area (Å²) in [4.78, 5) is 13.8. The number of ether oxygens (including phenoxy) is 1. The van der Waals surface area contributed by atoms with E-state index in [0.29, 0.717) is 24.2 Å². The van der Waals surface area contributed by atoms with Crippen molar-refractivity contribution in [3.05, 3.63) is 71.2 Å². The number of rotatable bonds is 4. The Kier molecular flexibility index (Phi) is 3.86. The van der Waals surface area contributed by atoms with Crippen molar-refractivity contribution in [1.82, 2.24) is 19.5 Å². The van der Waals surface area contributed by atoms with E-state index in [1.165, 1.54) is 11.6 Å². The second-order valence-electron chi connectivity index (χ2n) is 7.07. The Morgan fingerprint density at radius 3 is 2.86 bits per heavy atom. The molecule has 2 aromatic carbocycles. The van der Waals surface area contributed by atoms with Gasteiger partial charge in [-0.2, -0.15) is 0 Å². The third kappa shape index (κ3) is 2.72. The number of imidazole rings is 1. The van der Waals surface area contributed by atoms with Crippen LogP contribution in [0.5, 0.6) is 5.75 Å². The standard InChI is InChI=1S/C22H19FN4O/c1-13-17-4-3-5-19(23)21(17)26-20(24-13)9-6-15-12-27-11-14-10-16(28-2)7-8-18(14)22(27)25-15/h3-5,7-8,10,12H,6,9,11H2,1-2H3. The number of methoxy groups -OCH3 is 1. The number of nitrogens with zero attached hydrogens (tertiary/aromatic N) is 4. The van der Waals surface area contributed by atoms with Crippen molar-refractivity contribution in [2.24, 2.45) is 0 Å². The van der Waals surface area contributed by atoms with Crippen LogP contribution >= 0.6 is 0 Å². The van der Waals surface area contributed by atoms with Gasteiger partial charge in [-0.05, 0) is 43.2 Å². The number of hydrogen-bond acceptors (Lipinski definition) is 4. The van der Waals surface area contributed by atoms with Crippen molar-refractivity contribution in [3.63, 3.8) is 0 Å². The maximum atomic E-state index is 14.1. The van der Waals surface area contributed by atoms with Gasteiger partial charge in [-0.25, -0.2) is 19.3 Å². The third-order valence-corrected chi connectivity index (χ3v) is 5.24. The summed E-state index contributed by atoms with van der Waals surface area (Å²) in [5.41, 5.74) is 4.55. The highest BCUT2D eigenvalue weighted by atomic mass is 19.1. The molecule has 1 aliphatic rings. The molecule has 0 spiro atoms. The lowest BCUT2D eigenvalue weighted by atomic mass is 10.1. The normalized spacial score (nSPS) is 12.2. The summed E-state index contributed by atoms with van der Waals surface area (Å²) in [5.74, 6) is 2.18. The summed E-state index contributed by atoms with van der Waals surface area (Å²) >= 11 is 0. The van der Waals surface area contributed by atoms with E-state index in [2.05, 4.69) is 32.9 Å². The fraction of sp³-hybridized carbons (Fsp3) is 0.227. The van der Waals surface area contributed by atoms with E-state index in [4.69, 9.17) is 9.72 Å².